The lowest BCUT2D eigenvalue weighted by atomic mass is 9.96. The second kappa shape index (κ2) is 6.43. The van der Waals surface area contributed by atoms with E-state index in [9.17, 15) is 23.4 Å². The van der Waals surface area contributed by atoms with Crippen molar-refractivity contribution in [1.82, 2.24) is 9.97 Å². The maximum absolute atomic E-state index is 12.5. The molecule has 0 aliphatic carbocycles. The van der Waals surface area contributed by atoms with Crippen molar-refractivity contribution in [1.29, 1.82) is 5.26 Å². The molecule has 1 fully saturated rings. The summed E-state index contributed by atoms with van der Waals surface area (Å²) < 4.78 is 42.9. The van der Waals surface area contributed by atoms with Gasteiger partial charge in [0.25, 0.3) is 0 Å². The lowest BCUT2D eigenvalue weighted by Gasteiger charge is -2.37. The van der Waals surface area contributed by atoms with E-state index in [0.29, 0.717) is 6.20 Å². The molecule has 22 heavy (non-hydrogen) atoms. The number of halogens is 3. The highest BCUT2D eigenvalue weighted by Gasteiger charge is 2.39. The van der Waals surface area contributed by atoms with Gasteiger partial charge in [0.05, 0.1) is 43.6 Å². The predicted octanol–water partition coefficient (Wildman–Crippen LogP) is 0.310. The molecule has 0 unspecified atom stereocenters. The van der Waals surface area contributed by atoms with Crippen LogP contribution < -0.4 is 5.32 Å². The van der Waals surface area contributed by atoms with Crippen molar-refractivity contribution in [2.45, 2.75) is 37.0 Å². The molecular formula is C12H13F3N4O3. The van der Waals surface area contributed by atoms with Crippen molar-refractivity contribution in [2.75, 3.05) is 11.9 Å². The van der Waals surface area contributed by atoms with Crippen LogP contribution in [-0.4, -0.2) is 51.1 Å². The zero-order valence-electron chi connectivity index (χ0n) is 11.2. The number of anilines is 1. The third-order valence-electron chi connectivity index (χ3n) is 3.18. The van der Waals surface area contributed by atoms with Crippen LogP contribution in [0.25, 0.3) is 0 Å². The summed E-state index contributed by atoms with van der Waals surface area (Å²) in [4.78, 5) is 6.79. The molecule has 1 aliphatic heterocycles. The van der Waals surface area contributed by atoms with Gasteiger partial charge in [0, 0.05) is 0 Å². The molecule has 4 atom stereocenters. The van der Waals surface area contributed by atoms with E-state index in [1.54, 1.807) is 0 Å². The van der Waals surface area contributed by atoms with Crippen LogP contribution in [-0.2, 0) is 10.9 Å². The van der Waals surface area contributed by atoms with E-state index >= 15 is 0 Å². The van der Waals surface area contributed by atoms with Gasteiger partial charge in [0.15, 0.2) is 5.69 Å². The Labute approximate surface area is 123 Å². The Bertz CT molecular complexity index is 563. The second-order valence-corrected chi connectivity index (χ2v) is 4.75. The van der Waals surface area contributed by atoms with Crippen LogP contribution in [0.4, 0.5) is 19.0 Å². The molecule has 0 amide bonds. The maximum Gasteiger partial charge on any atom is 0.434 e. The molecule has 2 heterocycles. The molecule has 1 aromatic rings. The van der Waals surface area contributed by atoms with Crippen LogP contribution in [0, 0.1) is 11.3 Å². The van der Waals surface area contributed by atoms with E-state index in [2.05, 4.69) is 15.3 Å². The standard InChI is InChI=1S/C12H13F3N4O3/c13-12(14,15)8-3-17-4-9(19-8)18-6-5-22-7(1-2-16)11(21)10(6)20/h3-4,6-7,10-11,20-21H,1,5H2,(H,18,19)/t6-,7+,10+,11-/m0/s1. The SMILES string of the molecule is N#CC[C@H]1OC[C@H](Nc2cncc(C(F)(F)F)n2)[C@@H](O)[C@H]1O. The van der Waals surface area contributed by atoms with Crippen molar-refractivity contribution in [3.8, 4) is 6.07 Å². The molecule has 1 aliphatic rings. The van der Waals surface area contributed by atoms with Crippen LogP contribution in [0.2, 0.25) is 0 Å². The number of hydrogen-bond acceptors (Lipinski definition) is 7. The van der Waals surface area contributed by atoms with Crippen molar-refractivity contribution < 1.29 is 28.1 Å². The lowest BCUT2D eigenvalue weighted by Crippen LogP contribution is -2.55. The number of rotatable bonds is 3. The number of alkyl halides is 3. The van der Waals surface area contributed by atoms with E-state index < -0.39 is 36.2 Å². The largest absolute Gasteiger partial charge is 0.434 e. The van der Waals surface area contributed by atoms with Crippen LogP contribution in [0.3, 0.4) is 0 Å². The van der Waals surface area contributed by atoms with E-state index in [1.165, 1.54) is 0 Å². The van der Waals surface area contributed by atoms with Crippen LogP contribution >= 0.6 is 0 Å². The van der Waals surface area contributed by atoms with Crippen molar-refractivity contribution in [3.63, 3.8) is 0 Å². The average molecular weight is 318 g/mol. The fourth-order valence-electron chi connectivity index (χ4n) is 2.04. The van der Waals surface area contributed by atoms with Crippen LogP contribution in [0.15, 0.2) is 12.4 Å². The highest BCUT2D eigenvalue weighted by atomic mass is 19.4. The Hall–Kier alpha value is -1.96. The van der Waals surface area contributed by atoms with Gasteiger partial charge < -0.3 is 20.3 Å². The predicted molar refractivity (Wildman–Crippen MR) is 66.4 cm³/mol. The van der Waals surface area contributed by atoms with E-state index in [1.807, 2.05) is 6.07 Å². The first-order chi connectivity index (χ1) is 10.3. The Morgan fingerprint density at radius 1 is 1.36 bits per heavy atom. The summed E-state index contributed by atoms with van der Waals surface area (Å²) in [5.41, 5.74) is -1.17. The first-order valence-electron chi connectivity index (χ1n) is 6.33. The summed E-state index contributed by atoms with van der Waals surface area (Å²) in [6, 6.07) is 0.941. The molecule has 3 N–H and O–H groups in total. The van der Waals surface area contributed by atoms with Gasteiger partial charge in [-0.05, 0) is 0 Å². The van der Waals surface area contributed by atoms with Crippen molar-refractivity contribution in [2.24, 2.45) is 0 Å². The highest BCUT2D eigenvalue weighted by Crippen LogP contribution is 2.28. The molecule has 0 bridgehead atoms. The number of aliphatic hydroxyl groups excluding tert-OH is 2. The fraction of sp³-hybridized carbons (Fsp3) is 0.583. The maximum atomic E-state index is 12.5. The Morgan fingerprint density at radius 2 is 2.09 bits per heavy atom. The minimum Gasteiger partial charge on any atom is -0.388 e. The van der Waals surface area contributed by atoms with E-state index in [4.69, 9.17) is 10.00 Å². The summed E-state index contributed by atoms with van der Waals surface area (Å²) in [5.74, 6) is -0.201. The quantitative estimate of drug-likeness (QED) is 0.735. The first kappa shape index (κ1) is 16.4. The van der Waals surface area contributed by atoms with Gasteiger partial charge in [-0.25, -0.2) is 4.98 Å². The van der Waals surface area contributed by atoms with E-state index in [0.717, 1.165) is 6.20 Å². The topological polar surface area (TPSA) is 111 Å². The Morgan fingerprint density at radius 3 is 2.73 bits per heavy atom. The minimum absolute atomic E-state index is 0.0947. The van der Waals surface area contributed by atoms with Gasteiger partial charge in [-0.3, -0.25) is 4.98 Å². The van der Waals surface area contributed by atoms with Crippen LogP contribution in [0.5, 0.6) is 0 Å². The molecule has 0 spiro atoms. The van der Waals surface area contributed by atoms with Gasteiger partial charge in [0.2, 0.25) is 0 Å². The molecule has 1 saturated heterocycles. The second-order valence-electron chi connectivity index (χ2n) is 4.75. The summed E-state index contributed by atoms with van der Waals surface area (Å²) in [5, 5.41) is 30.9. The van der Waals surface area contributed by atoms with E-state index in [-0.39, 0.29) is 18.8 Å². The summed E-state index contributed by atoms with van der Waals surface area (Å²) in [6.07, 6.45) is -6.58. The molecule has 1 aromatic heterocycles. The summed E-state index contributed by atoms with van der Waals surface area (Å²) in [6.45, 7) is -0.0947. The molecule has 0 aromatic carbocycles. The molecule has 10 heteroatoms. The first-order valence-corrected chi connectivity index (χ1v) is 6.33. The number of nitrogens with zero attached hydrogens (tertiary/aromatic N) is 3. The molecule has 120 valence electrons. The van der Waals surface area contributed by atoms with Gasteiger partial charge in [-0.2, -0.15) is 18.4 Å². The Balaban J connectivity index is 2.07. The number of hydrogen-bond donors (Lipinski definition) is 3. The van der Waals surface area contributed by atoms with Gasteiger partial charge in [0.1, 0.15) is 18.0 Å². The van der Waals surface area contributed by atoms with Gasteiger partial charge >= 0.3 is 6.18 Å². The monoisotopic (exact) mass is 318 g/mol. The summed E-state index contributed by atoms with van der Waals surface area (Å²) in [7, 11) is 0. The zero-order valence-corrected chi connectivity index (χ0v) is 11.2. The van der Waals surface area contributed by atoms with Crippen molar-refractivity contribution >= 4 is 5.82 Å². The van der Waals surface area contributed by atoms with Crippen molar-refractivity contribution in [3.05, 3.63) is 18.1 Å². The Kier molecular flexibility index (Phi) is 4.80. The fourth-order valence-corrected chi connectivity index (χ4v) is 2.04. The number of ether oxygens (including phenoxy) is 1. The van der Waals surface area contributed by atoms with Gasteiger partial charge in [-0.15, -0.1) is 0 Å². The zero-order chi connectivity index (χ0) is 16.3. The molecule has 7 nitrogen and oxygen atoms in total. The number of nitrogens with one attached hydrogen (secondary N) is 1. The third kappa shape index (κ3) is 3.62. The average Bonchev–Trinajstić information content (AvgIpc) is 2.46. The smallest absolute Gasteiger partial charge is 0.388 e. The number of nitriles is 1. The molecule has 0 radical (unpaired) electrons. The number of aliphatic hydroxyl groups is 2. The normalized spacial score (nSPS) is 28.9. The third-order valence-corrected chi connectivity index (χ3v) is 3.18. The van der Waals surface area contributed by atoms with Crippen LogP contribution in [0.1, 0.15) is 12.1 Å². The summed E-state index contributed by atoms with van der Waals surface area (Å²) >= 11 is 0. The van der Waals surface area contributed by atoms with Gasteiger partial charge in [-0.1, -0.05) is 0 Å². The lowest BCUT2D eigenvalue weighted by molar-refractivity contribution is -0.141. The number of aromatic nitrogens is 2. The molecule has 2 rings (SSSR count). The minimum atomic E-state index is -4.64. The molecule has 0 saturated carbocycles. The highest BCUT2D eigenvalue weighted by molar-refractivity contribution is 5.34. The molecular weight excluding hydrogens is 305 g/mol.